The first-order valence-corrected chi connectivity index (χ1v) is 19.8. The van der Waals surface area contributed by atoms with Gasteiger partial charge in [-0.3, -0.25) is 24.1 Å². The van der Waals surface area contributed by atoms with Crippen LogP contribution in [0.2, 0.25) is 5.02 Å². The Balaban J connectivity index is 0.000000249. The summed E-state index contributed by atoms with van der Waals surface area (Å²) in [6.45, 7) is 4.49. The van der Waals surface area contributed by atoms with Gasteiger partial charge in [-0.05, 0) is 67.0 Å². The number of carbonyl (C=O) groups is 2. The van der Waals surface area contributed by atoms with E-state index in [0.717, 1.165) is 41.9 Å². The number of halogens is 8. The molecule has 17 nitrogen and oxygen atoms in total. The normalized spacial score (nSPS) is 11.8. The molecule has 5 N–H and O–H groups in total. The number of alkyl halides is 3. The van der Waals surface area contributed by atoms with Crippen molar-refractivity contribution < 1.29 is 68.5 Å². The second kappa shape index (κ2) is 18.7. The Morgan fingerprint density at radius 3 is 2.19 bits per heavy atom. The van der Waals surface area contributed by atoms with E-state index in [1.54, 1.807) is 31.6 Å². The zero-order valence-electron chi connectivity index (χ0n) is 29.4. The van der Waals surface area contributed by atoms with Gasteiger partial charge in [0.15, 0.2) is 5.69 Å². The summed E-state index contributed by atoms with van der Waals surface area (Å²) in [5, 5.41) is 16.7. The number of hydrogen-bond donors (Lipinski definition) is 5. The number of fused-ring (bicyclic) bond motifs is 1. The SMILES string of the molecule is CC(C)OC(=O)c1cc(-c2nn(C)c(C(F)(F)F)c2Br)c(F)cc1Cl.Cc1ccn2nc(S(=O)(=O)Nc3c(F)cccc3F)nc2n1.O=C(O)CNCP(=O)(O)O. The number of rotatable bonds is 10. The maximum absolute atomic E-state index is 14.3. The number of carboxylic acid groups (broad SMARTS) is 1. The van der Waals surface area contributed by atoms with Crippen molar-refractivity contribution in [2.75, 3.05) is 17.6 Å². The number of nitrogens with zero attached hydrogens (tertiary/aromatic N) is 6. The number of nitrogens with one attached hydrogen (secondary N) is 2. The summed E-state index contributed by atoms with van der Waals surface area (Å²) in [4.78, 5) is 45.9. The van der Waals surface area contributed by atoms with E-state index in [4.69, 9.17) is 31.2 Å². The van der Waals surface area contributed by atoms with Crippen LogP contribution in [0.25, 0.3) is 17.0 Å². The first-order valence-electron chi connectivity index (χ1n) is 15.4. The van der Waals surface area contributed by atoms with Crippen molar-refractivity contribution >= 4 is 68.6 Å². The van der Waals surface area contributed by atoms with E-state index in [0.29, 0.717) is 10.4 Å². The van der Waals surface area contributed by atoms with Gasteiger partial charge in [0, 0.05) is 24.5 Å². The molecule has 5 rings (SSSR count). The third-order valence-corrected chi connectivity index (χ3v) is 9.32. The third kappa shape index (κ3) is 12.9. The molecule has 27 heteroatoms. The van der Waals surface area contributed by atoms with Gasteiger partial charge in [-0.2, -0.15) is 31.7 Å². The van der Waals surface area contributed by atoms with E-state index >= 15 is 0 Å². The molecule has 0 aliphatic heterocycles. The summed E-state index contributed by atoms with van der Waals surface area (Å²) in [6, 6.07) is 6.46. The number of hydrogen-bond acceptors (Lipinski definition) is 11. The van der Waals surface area contributed by atoms with Gasteiger partial charge in [-0.15, -0.1) is 5.10 Å². The molecule has 0 spiro atoms. The highest BCUT2D eigenvalue weighted by molar-refractivity contribution is 9.10. The number of carbonyl (C=O) groups excluding carboxylic acids is 1. The Labute approximate surface area is 331 Å². The van der Waals surface area contributed by atoms with Crippen molar-refractivity contribution in [3.63, 3.8) is 0 Å². The predicted molar refractivity (Wildman–Crippen MR) is 192 cm³/mol. The molecule has 0 aliphatic carbocycles. The zero-order valence-corrected chi connectivity index (χ0v) is 33.4. The standard InChI is InChI=1S/C15H12BrClF4N2O2.C12H9F2N5O2S.C3H8NO5P/c1-6(2)25-14(24)7-4-8(10(18)5-9(7)17)12-11(16)13(15(19,20)21)23(3)22-12;1-7-5-6-19-11(15-7)16-12(17-19)22(20,21)18-10-8(13)3-2-4-9(10)14;5-3(6)1-4-2-10(7,8)9/h4-6H,1-3H3;2-6,18H,1H3;4H,1-2H2,(H,5,6)(H2,7,8,9). The Kier molecular flexibility index (Phi) is 15.4. The van der Waals surface area contributed by atoms with Crippen molar-refractivity contribution in [1.29, 1.82) is 0 Å². The molecule has 57 heavy (non-hydrogen) atoms. The van der Waals surface area contributed by atoms with Crippen LogP contribution in [-0.2, 0) is 37.3 Å². The number of sulfonamides is 1. The minimum absolute atomic E-state index is 0.0642. The average Bonchev–Trinajstić information content (AvgIpc) is 3.62. The van der Waals surface area contributed by atoms with Gasteiger partial charge in [0.1, 0.15) is 28.8 Å². The molecule has 2 aromatic carbocycles. The van der Waals surface area contributed by atoms with Crippen LogP contribution in [0, 0.1) is 24.4 Å². The van der Waals surface area contributed by atoms with Crippen LogP contribution < -0.4 is 10.0 Å². The van der Waals surface area contributed by atoms with Crippen molar-refractivity contribution in [2.45, 2.75) is 38.2 Å². The Morgan fingerprint density at radius 1 is 1.05 bits per heavy atom. The summed E-state index contributed by atoms with van der Waals surface area (Å²) < 4.78 is 123. The largest absolute Gasteiger partial charge is 0.480 e. The van der Waals surface area contributed by atoms with Crippen LogP contribution in [0.1, 0.15) is 35.6 Å². The van der Waals surface area contributed by atoms with E-state index in [9.17, 15) is 48.9 Å². The molecule has 5 aromatic rings. The molecule has 3 heterocycles. The molecule has 0 atom stereocenters. The summed E-state index contributed by atoms with van der Waals surface area (Å²) in [7, 11) is -7.36. The van der Waals surface area contributed by atoms with E-state index in [1.807, 2.05) is 0 Å². The van der Waals surface area contributed by atoms with E-state index < -0.39 is 93.1 Å². The Hall–Kier alpha value is -4.65. The summed E-state index contributed by atoms with van der Waals surface area (Å²) in [5.41, 5.74) is -2.02. The Morgan fingerprint density at radius 2 is 1.67 bits per heavy atom. The molecule has 0 fully saturated rings. The first-order chi connectivity index (χ1) is 26.2. The number of esters is 1. The van der Waals surface area contributed by atoms with Gasteiger partial charge in [-0.1, -0.05) is 17.7 Å². The molecule has 310 valence electrons. The van der Waals surface area contributed by atoms with E-state index in [-0.39, 0.29) is 27.6 Å². The minimum Gasteiger partial charge on any atom is -0.480 e. The quantitative estimate of drug-likeness (QED) is 0.0657. The first kappa shape index (κ1) is 46.7. The molecular weight excluding hydrogens is 909 g/mol. The lowest BCUT2D eigenvalue weighted by Gasteiger charge is -2.11. The van der Waals surface area contributed by atoms with Gasteiger partial charge in [0.05, 0.1) is 34.0 Å². The molecule has 0 amide bonds. The van der Waals surface area contributed by atoms with E-state index in [2.05, 4.69) is 41.4 Å². The van der Waals surface area contributed by atoms with Crippen LogP contribution in [0.15, 0.2) is 52.2 Å². The monoisotopic (exact) mass is 936 g/mol. The highest BCUT2D eigenvalue weighted by atomic mass is 79.9. The van der Waals surface area contributed by atoms with Crippen LogP contribution in [-0.4, -0.2) is 83.5 Å². The van der Waals surface area contributed by atoms with Crippen LogP contribution in [0.5, 0.6) is 0 Å². The predicted octanol–water partition coefficient (Wildman–Crippen LogP) is 5.53. The number of aryl methyl sites for hydroxylation is 2. The van der Waals surface area contributed by atoms with Gasteiger partial charge in [-0.25, -0.2) is 27.5 Å². The second-order valence-corrected chi connectivity index (χ2v) is 15.9. The topological polar surface area (TPSA) is 240 Å². The van der Waals surface area contributed by atoms with Gasteiger partial charge in [0.25, 0.3) is 21.0 Å². The fourth-order valence-electron chi connectivity index (χ4n) is 4.19. The lowest BCUT2D eigenvalue weighted by atomic mass is 10.1. The lowest BCUT2D eigenvalue weighted by molar-refractivity contribution is -0.144. The molecule has 0 unspecified atom stereocenters. The average molecular weight is 938 g/mol. The second-order valence-electron chi connectivity index (χ2n) is 11.5. The number of ether oxygens (including phenoxy) is 1. The number of benzene rings is 2. The fraction of sp³-hybridized carbons (Fsp3) is 0.267. The van der Waals surface area contributed by atoms with Gasteiger partial charge >= 0.3 is 25.7 Å². The third-order valence-electron chi connectivity index (χ3n) is 6.49. The zero-order chi connectivity index (χ0) is 43.2. The van der Waals surface area contributed by atoms with Gasteiger partial charge in [0.2, 0.25) is 0 Å². The number of para-hydroxylation sites is 1. The minimum atomic E-state index is -4.69. The summed E-state index contributed by atoms with van der Waals surface area (Å²) in [5.74, 6) is -4.89. The van der Waals surface area contributed by atoms with Crippen LogP contribution >= 0.6 is 35.1 Å². The highest BCUT2D eigenvalue weighted by Gasteiger charge is 2.39. The number of aromatic nitrogens is 6. The molecule has 0 saturated carbocycles. The summed E-state index contributed by atoms with van der Waals surface area (Å²) >= 11 is 8.67. The van der Waals surface area contributed by atoms with Crippen LogP contribution in [0.3, 0.4) is 0 Å². The lowest BCUT2D eigenvalue weighted by Crippen LogP contribution is -2.23. The number of carboxylic acids is 1. The van der Waals surface area contributed by atoms with Crippen molar-refractivity contribution in [3.05, 3.63) is 86.5 Å². The molecule has 0 aliphatic rings. The van der Waals surface area contributed by atoms with E-state index in [1.165, 1.54) is 6.20 Å². The van der Waals surface area contributed by atoms with Crippen LogP contribution in [0.4, 0.5) is 32.0 Å². The molecule has 0 radical (unpaired) electrons. The van der Waals surface area contributed by atoms with Crippen molar-refractivity contribution in [3.8, 4) is 11.3 Å². The molecule has 0 bridgehead atoms. The molecular formula is C30H29BrClF6N8O9PS. The number of anilines is 1. The smallest absolute Gasteiger partial charge is 0.434 e. The van der Waals surface area contributed by atoms with Gasteiger partial charge < -0.3 is 19.6 Å². The van der Waals surface area contributed by atoms with Crippen molar-refractivity contribution in [2.24, 2.45) is 7.05 Å². The maximum Gasteiger partial charge on any atom is 0.434 e. The van der Waals surface area contributed by atoms with Crippen molar-refractivity contribution in [1.82, 2.24) is 34.7 Å². The summed E-state index contributed by atoms with van der Waals surface area (Å²) in [6.07, 6.45) is -4.26. The highest BCUT2D eigenvalue weighted by Crippen LogP contribution is 2.41. The maximum atomic E-state index is 14.3. The number of aliphatic carboxylic acids is 1. The fourth-order valence-corrected chi connectivity index (χ4v) is 6.54. The molecule has 0 saturated heterocycles. The molecule has 3 aromatic heterocycles. The Bertz CT molecular complexity index is 2430.